The molecule has 1 aromatic carbocycles. The van der Waals surface area contributed by atoms with Crippen LogP contribution in [0.15, 0.2) is 42.7 Å². The maximum absolute atomic E-state index is 6.45. The quantitative estimate of drug-likeness (QED) is 0.437. The minimum Gasteiger partial charge on any atom is -0.378 e. The molecule has 0 aliphatic rings. The second-order valence-electron chi connectivity index (χ2n) is 7.07. The number of nitrogens with zero attached hydrogens (tertiary/aromatic N) is 6. The first kappa shape index (κ1) is 20.3. The summed E-state index contributed by atoms with van der Waals surface area (Å²) in [5, 5.41) is 14.6. The molecule has 0 fully saturated rings. The standard InChI is InChI=1S/C21H24ClN7O/c1-3-4-9-19-23-20(22)18(14-30-2)29(19)13-15-7-5-6-8-17(15)28-11-10-16(12-28)21-24-26-27-25-21/h5-8,10-12H,3-4,9,13-14H2,1-2H3,(H,24,25,26,27). The van der Waals surface area contributed by atoms with Gasteiger partial charge in [-0.25, -0.2) is 10.1 Å². The van der Waals surface area contributed by atoms with Gasteiger partial charge in [0.05, 0.1) is 18.8 Å². The molecule has 4 aromatic rings. The molecule has 1 N–H and O–H groups in total. The summed E-state index contributed by atoms with van der Waals surface area (Å²) < 4.78 is 9.65. The minimum atomic E-state index is 0.423. The number of aromatic nitrogens is 7. The lowest BCUT2D eigenvalue weighted by Crippen LogP contribution is -2.11. The molecule has 156 valence electrons. The van der Waals surface area contributed by atoms with E-state index in [1.807, 2.05) is 30.6 Å². The number of hydrogen-bond donors (Lipinski definition) is 1. The number of para-hydroxylation sites is 1. The Kier molecular flexibility index (Phi) is 6.25. The number of rotatable bonds is 9. The second-order valence-corrected chi connectivity index (χ2v) is 7.43. The van der Waals surface area contributed by atoms with Crippen LogP contribution in [-0.2, 0) is 24.3 Å². The maximum Gasteiger partial charge on any atom is 0.180 e. The molecule has 8 nitrogen and oxygen atoms in total. The van der Waals surface area contributed by atoms with E-state index in [0.717, 1.165) is 47.6 Å². The number of imidazole rings is 1. The molecule has 0 unspecified atom stereocenters. The number of unbranched alkanes of at least 4 members (excludes halogenated alkanes) is 1. The summed E-state index contributed by atoms with van der Waals surface area (Å²) in [4.78, 5) is 4.62. The molecule has 0 bridgehead atoms. The smallest absolute Gasteiger partial charge is 0.180 e. The Balaban J connectivity index is 1.70. The number of benzene rings is 1. The van der Waals surface area contributed by atoms with Crippen LogP contribution in [0, 0.1) is 0 Å². The first-order valence-corrected chi connectivity index (χ1v) is 10.3. The molecule has 9 heteroatoms. The summed E-state index contributed by atoms with van der Waals surface area (Å²) in [5.41, 5.74) is 4.05. The van der Waals surface area contributed by atoms with Crippen LogP contribution in [0.1, 0.15) is 36.8 Å². The summed E-state index contributed by atoms with van der Waals surface area (Å²) in [6.45, 7) is 3.26. The zero-order valence-corrected chi connectivity index (χ0v) is 17.8. The number of ether oxygens (including phenoxy) is 1. The minimum absolute atomic E-state index is 0.423. The number of aryl methyl sites for hydroxylation is 1. The molecule has 0 radical (unpaired) electrons. The molecular weight excluding hydrogens is 402 g/mol. The second kappa shape index (κ2) is 9.23. The molecule has 0 aliphatic heterocycles. The lowest BCUT2D eigenvalue weighted by atomic mass is 10.1. The number of methoxy groups -OCH3 is 1. The normalized spacial score (nSPS) is 11.3. The molecule has 0 spiro atoms. The molecule has 0 atom stereocenters. The highest BCUT2D eigenvalue weighted by Gasteiger charge is 2.17. The van der Waals surface area contributed by atoms with Gasteiger partial charge in [-0.05, 0) is 34.5 Å². The maximum atomic E-state index is 6.45. The fourth-order valence-corrected chi connectivity index (χ4v) is 3.78. The van der Waals surface area contributed by atoms with E-state index < -0.39 is 0 Å². The van der Waals surface area contributed by atoms with Crippen LogP contribution in [0.2, 0.25) is 5.15 Å². The van der Waals surface area contributed by atoms with Gasteiger partial charge in [0.15, 0.2) is 11.0 Å². The SMILES string of the molecule is CCCCc1nc(Cl)c(COC)n1Cc1ccccc1-n1ccc(-c2nnn[nH]2)c1. The van der Waals surface area contributed by atoms with Gasteiger partial charge in [-0.15, -0.1) is 5.10 Å². The van der Waals surface area contributed by atoms with E-state index >= 15 is 0 Å². The molecule has 0 aliphatic carbocycles. The van der Waals surface area contributed by atoms with Crippen molar-refractivity contribution in [2.75, 3.05) is 7.11 Å². The third-order valence-electron chi connectivity index (χ3n) is 5.05. The van der Waals surface area contributed by atoms with Gasteiger partial charge in [0.25, 0.3) is 0 Å². The monoisotopic (exact) mass is 425 g/mol. The lowest BCUT2D eigenvalue weighted by molar-refractivity contribution is 0.178. The van der Waals surface area contributed by atoms with Gasteiger partial charge in [-0.2, -0.15) is 0 Å². The van der Waals surface area contributed by atoms with Crippen LogP contribution < -0.4 is 0 Å². The van der Waals surface area contributed by atoms with Gasteiger partial charge >= 0.3 is 0 Å². The van der Waals surface area contributed by atoms with E-state index in [1.165, 1.54) is 0 Å². The van der Waals surface area contributed by atoms with Crippen molar-refractivity contribution in [3.05, 3.63) is 65.0 Å². The van der Waals surface area contributed by atoms with Gasteiger partial charge in [-0.1, -0.05) is 43.1 Å². The first-order chi connectivity index (χ1) is 14.7. The Morgan fingerprint density at radius 1 is 1.20 bits per heavy atom. The van der Waals surface area contributed by atoms with Gasteiger partial charge in [-0.3, -0.25) is 0 Å². The van der Waals surface area contributed by atoms with Crippen LogP contribution >= 0.6 is 11.6 Å². The summed E-state index contributed by atoms with van der Waals surface area (Å²) in [6.07, 6.45) is 7.06. The van der Waals surface area contributed by atoms with E-state index in [4.69, 9.17) is 16.3 Å². The van der Waals surface area contributed by atoms with Gasteiger partial charge in [0, 0.05) is 37.2 Å². The van der Waals surface area contributed by atoms with Crippen molar-refractivity contribution in [3.8, 4) is 17.1 Å². The average molecular weight is 426 g/mol. The summed E-state index contributed by atoms with van der Waals surface area (Å²) in [5.74, 6) is 1.63. The zero-order valence-electron chi connectivity index (χ0n) is 17.0. The van der Waals surface area contributed by atoms with Crippen LogP contribution in [0.4, 0.5) is 0 Å². The van der Waals surface area contributed by atoms with Gasteiger partial charge in [0.1, 0.15) is 5.82 Å². The molecule has 0 saturated heterocycles. The van der Waals surface area contributed by atoms with Crippen molar-refractivity contribution in [2.24, 2.45) is 0 Å². The van der Waals surface area contributed by atoms with E-state index in [1.54, 1.807) is 7.11 Å². The van der Waals surface area contributed by atoms with Crippen molar-refractivity contribution in [2.45, 2.75) is 39.3 Å². The van der Waals surface area contributed by atoms with Crippen molar-refractivity contribution in [1.29, 1.82) is 0 Å². The highest BCUT2D eigenvalue weighted by Crippen LogP contribution is 2.25. The molecule has 3 heterocycles. The Hall–Kier alpha value is -2.97. The van der Waals surface area contributed by atoms with Gasteiger partial charge < -0.3 is 13.9 Å². The summed E-state index contributed by atoms with van der Waals surface area (Å²) in [6, 6.07) is 10.3. The number of tetrazole rings is 1. The lowest BCUT2D eigenvalue weighted by Gasteiger charge is -2.15. The largest absolute Gasteiger partial charge is 0.378 e. The van der Waals surface area contributed by atoms with Crippen LogP contribution in [-0.4, -0.2) is 41.9 Å². The topological polar surface area (TPSA) is 86.4 Å². The number of aromatic amines is 1. The highest BCUT2D eigenvalue weighted by atomic mass is 35.5. The van der Waals surface area contributed by atoms with E-state index in [2.05, 4.69) is 53.8 Å². The number of hydrogen-bond acceptors (Lipinski definition) is 5. The number of H-pyrrole nitrogens is 1. The van der Waals surface area contributed by atoms with E-state index in [-0.39, 0.29) is 0 Å². The summed E-state index contributed by atoms with van der Waals surface area (Å²) in [7, 11) is 1.67. The Bertz CT molecular complexity index is 1100. The highest BCUT2D eigenvalue weighted by molar-refractivity contribution is 6.30. The molecule has 0 saturated carbocycles. The Labute approximate surface area is 179 Å². The van der Waals surface area contributed by atoms with Crippen molar-refractivity contribution < 1.29 is 4.74 Å². The van der Waals surface area contributed by atoms with E-state index in [0.29, 0.717) is 24.1 Å². The molecule has 30 heavy (non-hydrogen) atoms. The van der Waals surface area contributed by atoms with E-state index in [9.17, 15) is 0 Å². The van der Waals surface area contributed by atoms with Crippen LogP contribution in [0.5, 0.6) is 0 Å². The molecular formula is C21H24ClN7O. The van der Waals surface area contributed by atoms with Crippen LogP contribution in [0.25, 0.3) is 17.1 Å². The summed E-state index contributed by atoms with van der Waals surface area (Å²) >= 11 is 6.45. The van der Waals surface area contributed by atoms with Crippen molar-refractivity contribution >= 4 is 11.6 Å². The third kappa shape index (κ3) is 4.15. The molecule has 4 rings (SSSR count). The molecule has 0 amide bonds. The fraction of sp³-hybridized carbons (Fsp3) is 0.333. The van der Waals surface area contributed by atoms with Crippen molar-refractivity contribution in [1.82, 2.24) is 34.7 Å². The zero-order chi connectivity index (χ0) is 20.9. The predicted octanol–water partition coefficient (Wildman–Crippen LogP) is 4.04. The van der Waals surface area contributed by atoms with Gasteiger partial charge in [0.2, 0.25) is 0 Å². The fourth-order valence-electron chi connectivity index (χ4n) is 3.53. The Morgan fingerprint density at radius 3 is 2.83 bits per heavy atom. The van der Waals surface area contributed by atoms with Crippen molar-refractivity contribution in [3.63, 3.8) is 0 Å². The predicted molar refractivity (Wildman–Crippen MR) is 115 cm³/mol. The number of halogens is 1. The number of nitrogens with one attached hydrogen (secondary N) is 1. The molecule has 3 aromatic heterocycles. The average Bonchev–Trinajstić information content (AvgIpc) is 3.50. The first-order valence-electron chi connectivity index (χ1n) is 9.94. The third-order valence-corrected chi connectivity index (χ3v) is 5.35. The van der Waals surface area contributed by atoms with Crippen LogP contribution in [0.3, 0.4) is 0 Å². The Morgan fingerprint density at radius 2 is 2.07 bits per heavy atom.